The lowest BCUT2D eigenvalue weighted by Crippen LogP contribution is -2.48. The molecule has 1 aromatic carbocycles. The number of pyridine rings is 1. The van der Waals surface area contributed by atoms with Crippen LogP contribution in [-0.2, 0) is 17.9 Å². The van der Waals surface area contributed by atoms with Crippen molar-refractivity contribution >= 4 is 12.0 Å². The molecule has 0 aliphatic carbocycles. The van der Waals surface area contributed by atoms with Crippen molar-refractivity contribution < 1.29 is 14.3 Å². The molecule has 164 valence electrons. The number of nitrogens with zero attached hydrogens (tertiary/aromatic N) is 2. The number of nitrogens with one attached hydrogen (secondary N) is 1. The van der Waals surface area contributed by atoms with Crippen molar-refractivity contribution in [2.24, 2.45) is 11.8 Å². The van der Waals surface area contributed by atoms with Crippen LogP contribution in [0.2, 0.25) is 0 Å². The lowest BCUT2D eigenvalue weighted by molar-refractivity contribution is -0.127. The van der Waals surface area contributed by atoms with Crippen molar-refractivity contribution in [3.8, 4) is 0 Å². The summed E-state index contributed by atoms with van der Waals surface area (Å²) in [6.07, 6.45) is 3.65. The standard InChI is InChI=1S/C24H28FN3O3/c1-3-5-16-8-11-20-21-18(13-28(20)24(16)31)19(14-29)22(27(21)4-2)23(30)26-12-15-6-9-17(25)10-7-15/h3,5-11,18-19,21-22,29H,4,12-14H2,1-2H3,(H,26,30)/b5-3+/t18-,19-,21+,22-/m1/s1. The number of rotatable bonds is 6. The summed E-state index contributed by atoms with van der Waals surface area (Å²) in [7, 11) is 0. The van der Waals surface area contributed by atoms with E-state index in [0.29, 0.717) is 25.2 Å². The van der Waals surface area contributed by atoms with E-state index >= 15 is 0 Å². The summed E-state index contributed by atoms with van der Waals surface area (Å²) >= 11 is 0. The Morgan fingerprint density at radius 2 is 2.00 bits per heavy atom. The number of hydrogen-bond donors (Lipinski definition) is 2. The number of halogens is 1. The summed E-state index contributed by atoms with van der Waals surface area (Å²) in [4.78, 5) is 28.1. The molecule has 4 atom stereocenters. The zero-order chi connectivity index (χ0) is 22.1. The summed E-state index contributed by atoms with van der Waals surface area (Å²) in [6.45, 7) is 5.15. The van der Waals surface area contributed by atoms with Crippen LogP contribution >= 0.6 is 0 Å². The first-order valence-corrected chi connectivity index (χ1v) is 10.7. The van der Waals surface area contributed by atoms with Gasteiger partial charge in [-0.15, -0.1) is 0 Å². The number of benzene rings is 1. The quantitative estimate of drug-likeness (QED) is 0.745. The monoisotopic (exact) mass is 425 g/mol. The third kappa shape index (κ3) is 3.72. The summed E-state index contributed by atoms with van der Waals surface area (Å²) < 4.78 is 14.9. The molecule has 2 aliphatic heterocycles. The molecule has 1 fully saturated rings. The summed E-state index contributed by atoms with van der Waals surface area (Å²) in [5.41, 5.74) is 2.32. The molecule has 1 amide bonds. The average Bonchev–Trinajstić information content (AvgIpc) is 3.29. The van der Waals surface area contributed by atoms with E-state index < -0.39 is 6.04 Å². The van der Waals surface area contributed by atoms with Crippen molar-refractivity contribution in [2.45, 2.75) is 39.0 Å². The SMILES string of the molecule is C/C=C/c1ccc2n(c1=O)C[C@@H]1[C@@H](CO)[C@H](C(=O)NCc3ccc(F)cc3)N(CC)[C@H]21. The number of aromatic nitrogens is 1. The maximum absolute atomic E-state index is 13.2. The van der Waals surface area contributed by atoms with Crippen molar-refractivity contribution in [3.05, 3.63) is 75.5 Å². The number of allylic oxidation sites excluding steroid dienone is 1. The molecule has 3 heterocycles. The number of carbonyl (C=O) groups is 1. The van der Waals surface area contributed by atoms with Crippen molar-refractivity contribution in [2.75, 3.05) is 13.2 Å². The van der Waals surface area contributed by atoms with Crippen LogP contribution in [-0.4, -0.2) is 39.7 Å². The largest absolute Gasteiger partial charge is 0.396 e. The van der Waals surface area contributed by atoms with E-state index in [1.807, 2.05) is 32.1 Å². The lowest BCUT2D eigenvalue weighted by Gasteiger charge is -2.29. The highest BCUT2D eigenvalue weighted by Gasteiger charge is 2.54. The minimum atomic E-state index is -0.482. The molecule has 2 aliphatic rings. The fourth-order valence-corrected chi connectivity index (χ4v) is 5.20. The highest BCUT2D eigenvalue weighted by atomic mass is 19.1. The molecule has 31 heavy (non-hydrogen) atoms. The first kappa shape index (κ1) is 21.5. The van der Waals surface area contributed by atoms with Gasteiger partial charge in [-0.2, -0.15) is 0 Å². The number of aliphatic hydroxyl groups is 1. The van der Waals surface area contributed by atoms with Crippen LogP contribution in [0.4, 0.5) is 4.39 Å². The molecule has 0 unspecified atom stereocenters. The number of likely N-dealkylation sites (tertiary alicyclic amines) is 1. The Morgan fingerprint density at radius 3 is 2.65 bits per heavy atom. The van der Waals surface area contributed by atoms with Gasteiger partial charge in [0.05, 0.1) is 12.1 Å². The van der Waals surface area contributed by atoms with Gasteiger partial charge in [0.15, 0.2) is 0 Å². The van der Waals surface area contributed by atoms with E-state index in [9.17, 15) is 19.1 Å². The van der Waals surface area contributed by atoms with Crippen LogP contribution < -0.4 is 10.9 Å². The predicted molar refractivity (Wildman–Crippen MR) is 117 cm³/mol. The zero-order valence-corrected chi connectivity index (χ0v) is 17.8. The molecular weight excluding hydrogens is 397 g/mol. The van der Waals surface area contributed by atoms with E-state index in [4.69, 9.17) is 0 Å². The molecule has 6 nitrogen and oxygen atoms in total. The van der Waals surface area contributed by atoms with Gasteiger partial charge in [-0.3, -0.25) is 14.5 Å². The highest BCUT2D eigenvalue weighted by Crippen LogP contribution is 2.48. The normalized spacial score (nSPS) is 25.0. The Morgan fingerprint density at radius 1 is 1.26 bits per heavy atom. The Kier molecular flexibility index (Phi) is 6.07. The molecule has 0 spiro atoms. The minimum absolute atomic E-state index is 0.0138. The molecule has 2 aromatic rings. The second-order valence-corrected chi connectivity index (χ2v) is 8.20. The van der Waals surface area contributed by atoms with Gasteiger partial charge in [-0.25, -0.2) is 4.39 Å². The average molecular weight is 426 g/mol. The topological polar surface area (TPSA) is 74.6 Å². The Bertz CT molecular complexity index is 1050. The van der Waals surface area contributed by atoms with E-state index in [2.05, 4.69) is 10.2 Å². The number of aliphatic hydroxyl groups excluding tert-OH is 1. The van der Waals surface area contributed by atoms with Gasteiger partial charge in [-0.05, 0) is 43.3 Å². The van der Waals surface area contributed by atoms with Gasteiger partial charge in [-0.1, -0.05) is 31.2 Å². The second-order valence-electron chi connectivity index (χ2n) is 8.20. The number of hydrogen-bond acceptors (Lipinski definition) is 4. The maximum atomic E-state index is 13.2. The molecule has 7 heteroatoms. The van der Waals surface area contributed by atoms with Gasteiger partial charge in [0.25, 0.3) is 5.56 Å². The van der Waals surface area contributed by atoms with Crippen LogP contribution in [0.15, 0.2) is 47.3 Å². The molecule has 1 aromatic heterocycles. The van der Waals surface area contributed by atoms with Gasteiger partial charge in [0.1, 0.15) is 5.82 Å². The highest BCUT2D eigenvalue weighted by molar-refractivity contribution is 5.82. The molecular formula is C24H28FN3O3. The van der Waals surface area contributed by atoms with Gasteiger partial charge in [0.2, 0.25) is 5.91 Å². The zero-order valence-electron chi connectivity index (χ0n) is 17.8. The summed E-state index contributed by atoms with van der Waals surface area (Å²) in [5.74, 6) is -0.760. The van der Waals surface area contributed by atoms with Crippen molar-refractivity contribution in [1.29, 1.82) is 0 Å². The number of fused-ring (bicyclic) bond motifs is 3. The van der Waals surface area contributed by atoms with Gasteiger partial charge in [0, 0.05) is 42.8 Å². The first-order valence-electron chi connectivity index (χ1n) is 10.7. The molecule has 0 saturated carbocycles. The maximum Gasteiger partial charge on any atom is 0.258 e. The van der Waals surface area contributed by atoms with Gasteiger partial charge >= 0.3 is 0 Å². The van der Waals surface area contributed by atoms with Crippen LogP contribution in [0.5, 0.6) is 0 Å². The van der Waals surface area contributed by atoms with Crippen LogP contribution in [0.25, 0.3) is 6.08 Å². The number of amides is 1. The van der Waals surface area contributed by atoms with Gasteiger partial charge < -0.3 is 15.0 Å². The summed E-state index contributed by atoms with van der Waals surface area (Å²) in [6, 6.07) is 9.26. The third-order valence-electron chi connectivity index (χ3n) is 6.58. The molecule has 0 radical (unpaired) electrons. The lowest BCUT2D eigenvalue weighted by atomic mass is 9.88. The number of likely N-dealkylation sites (N-methyl/N-ethyl adjacent to an activating group) is 1. The molecule has 4 rings (SSSR count). The molecule has 2 N–H and O–H groups in total. The van der Waals surface area contributed by atoms with Crippen LogP contribution in [0, 0.1) is 17.7 Å². The Balaban J connectivity index is 1.60. The minimum Gasteiger partial charge on any atom is -0.396 e. The van der Waals surface area contributed by atoms with Crippen LogP contribution in [0.1, 0.15) is 36.7 Å². The fourth-order valence-electron chi connectivity index (χ4n) is 5.20. The molecule has 0 bridgehead atoms. The van der Waals surface area contributed by atoms with Crippen molar-refractivity contribution in [3.63, 3.8) is 0 Å². The van der Waals surface area contributed by atoms with Crippen molar-refractivity contribution in [1.82, 2.24) is 14.8 Å². The fraction of sp³-hybridized carbons (Fsp3) is 0.417. The number of carbonyl (C=O) groups excluding carboxylic acids is 1. The second kappa shape index (κ2) is 8.77. The smallest absolute Gasteiger partial charge is 0.258 e. The van der Waals surface area contributed by atoms with E-state index in [0.717, 1.165) is 11.3 Å². The van der Waals surface area contributed by atoms with Crippen LogP contribution in [0.3, 0.4) is 0 Å². The Labute approximate surface area is 181 Å². The summed E-state index contributed by atoms with van der Waals surface area (Å²) in [5, 5.41) is 13.1. The first-order chi connectivity index (χ1) is 15.0. The Hall–Kier alpha value is -2.77. The predicted octanol–water partition coefficient (Wildman–Crippen LogP) is 2.32. The third-order valence-corrected chi connectivity index (χ3v) is 6.58. The van der Waals surface area contributed by atoms with E-state index in [-0.39, 0.29) is 41.8 Å². The molecule has 1 saturated heterocycles. The van der Waals surface area contributed by atoms with E-state index in [1.54, 1.807) is 22.8 Å². The van der Waals surface area contributed by atoms with E-state index in [1.165, 1.54) is 12.1 Å².